The van der Waals surface area contributed by atoms with E-state index >= 15 is 0 Å². The maximum absolute atomic E-state index is 11.6. The molecule has 0 N–H and O–H groups in total. The Balaban J connectivity index is 4.05. The number of rotatable bonds is 9. The molecule has 108 valence electrons. The average molecular weight is 256 g/mol. The van der Waals surface area contributed by atoms with E-state index in [1.165, 1.54) is 32.1 Å². The van der Waals surface area contributed by atoms with Gasteiger partial charge in [0.05, 0.1) is 6.61 Å². The minimum absolute atomic E-state index is 0.0361. The number of ether oxygens (including phenoxy) is 1. The lowest BCUT2D eigenvalue weighted by molar-refractivity contribution is -0.145. The van der Waals surface area contributed by atoms with Crippen LogP contribution in [0.5, 0.6) is 0 Å². The zero-order valence-corrected chi connectivity index (χ0v) is 13.1. The summed E-state index contributed by atoms with van der Waals surface area (Å²) >= 11 is 0. The maximum atomic E-state index is 11.6. The fraction of sp³-hybridized carbons (Fsp3) is 0.938. The molecule has 18 heavy (non-hydrogen) atoms. The van der Waals surface area contributed by atoms with Crippen molar-refractivity contribution in [2.75, 3.05) is 6.61 Å². The molecule has 0 aromatic rings. The van der Waals surface area contributed by atoms with Gasteiger partial charge in [0.2, 0.25) is 0 Å². The molecule has 0 bridgehead atoms. The van der Waals surface area contributed by atoms with Crippen LogP contribution in [0.25, 0.3) is 0 Å². The first-order valence-corrected chi connectivity index (χ1v) is 7.57. The number of esters is 1. The van der Waals surface area contributed by atoms with Crippen molar-refractivity contribution in [3.8, 4) is 0 Å². The van der Waals surface area contributed by atoms with Crippen molar-refractivity contribution in [3.05, 3.63) is 0 Å². The van der Waals surface area contributed by atoms with Crippen molar-refractivity contribution < 1.29 is 9.53 Å². The van der Waals surface area contributed by atoms with Crippen molar-refractivity contribution >= 4 is 5.97 Å². The molecule has 0 heterocycles. The van der Waals surface area contributed by atoms with E-state index < -0.39 is 0 Å². The van der Waals surface area contributed by atoms with Crippen LogP contribution in [0.1, 0.15) is 79.6 Å². The van der Waals surface area contributed by atoms with Gasteiger partial charge in [-0.25, -0.2) is 0 Å². The van der Waals surface area contributed by atoms with Crippen LogP contribution in [0.3, 0.4) is 0 Å². The molecule has 0 unspecified atom stereocenters. The molecule has 0 aromatic heterocycles. The number of carbonyl (C=O) groups excluding carboxylic acids is 1. The van der Waals surface area contributed by atoms with E-state index in [1.807, 2.05) is 6.92 Å². The molecule has 0 saturated carbocycles. The van der Waals surface area contributed by atoms with E-state index in [0.717, 1.165) is 6.42 Å². The molecule has 2 heteroatoms. The molecule has 0 fully saturated rings. The topological polar surface area (TPSA) is 26.3 Å². The lowest BCUT2D eigenvalue weighted by atomic mass is 9.76. The predicted molar refractivity (Wildman–Crippen MR) is 77.6 cm³/mol. The zero-order chi connectivity index (χ0) is 14.0. The van der Waals surface area contributed by atoms with Crippen molar-refractivity contribution in [3.63, 3.8) is 0 Å². The molecule has 0 aliphatic carbocycles. The predicted octanol–water partition coefficient (Wildman–Crippen LogP) is 4.96. The molecule has 2 nitrogen and oxygen atoms in total. The number of unbranched alkanes of at least 4 members (excludes halogenated alkanes) is 4. The zero-order valence-electron chi connectivity index (χ0n) is 13.1. The highest BCUT2D eigenvalue weighted by Crippen LogP contribution is 2.33. The van der Waals surface area contributed by atoms with E-state index in [2.05, 4.69) is 27.7 Å². The third kappa shape index (κ3) is 8.54. The summed E-state index contributed by atoms with van der Waals surface area (Å²) in [7, 11) is 0. The average Bonchev–Trinajstić information content (AvgIpc) is 2.26. The van der Waals surface area contributed by atoms with Gasteiger partial charge < -0.3 is 4.74 Å². The second-order valence-electron chi connectivity index (χ2n) is 6.27. The summed E-state index contributed by atoms with van der Waals surface area (Å²) in [6, 6.07) is 0. The third-order valence-electron chi connectivity index (χ3n) is 3.60. The molecular formula is C16H32O2. The Bertz CT molecular complexity index is 216. The lowest BCUT2D eigenvalue weighted by Crippen LogP contribution is -2.24. The van der Waals surface area contributed by atoms with Gasteiger partial charge in [0, 0.05) is 6.42 Å². The molecule has 0 aliphatic rings. The number of carbonyl (C=O) groups is 1. The van der Waals surface area contributed by atoms with Crippen LogP contribution in [0, 0.1) is 11.3 Å². The highest BCUT2D eigenvalue weighted by Gasteiger charge is 2.26. The van der Waals surface area contributed by atoms with Crippen LogP contribution >= 0.6 is 0 Å². The number of hydrogen-bond acceptors (Lipinski definition) is 2. The Morgan fingerprint density at radius 2 is 1.67 bits per heavy atom. The van der Waals surface area contributed by atoms with Crippen LogP contribution < -0.4 is 0 Å². The smallest absolute Gasteiger partial charge is 0.306 e. The minimum atomic E-state index is -0.0361. The van der Waals surface area contributed by atoms with Gasteiger partial charge in [-0.05, 0) is 24.7 Å². The van der Waals surface area contributed by atoms with Gasteiger partial charge >= 0.3 is 5.97 Å². The Morgan fingerprint density at radius 3 is 2.17 bits per heavy atom. The van der Waals surface area contributed by atoms with Crippen molar-refractivity contribution in [1.29, 1.82) is 0 Å². The SMILES string of the molecule is CCCCCCC[C@H](CC(=O)OCC)C(C)(C)C. The van der Waals surface area contributed by atoms with Gasteiger partial charge in [0.25, 0.3) is 0 Å². The summed E-state index contributed by atoms with van der Waals surface area (Å²) < 4.78 is 5.07. The fourth-order valence-electron chi connectivity index (χ4n) is 2.26. The molecule has 0 spiro atoms. The van der Waals surface area contributed by atoms with E-state index in [1.54, 1.807) is 0 Å². The highest BCUT2D eigenvalue weighted by atomic mass is 16.5. The Morgan fingerprint density at radius 1 is 1.06 bits per heavy atom. The fourth-order valence-corrected chi connectivity index (χ4v) is 2.26. The number of hydrogen-bond donors (Lipinski definition) is 0. The van der Waals surface area contributed by atoms with Gasteiger partial charge in [-0.3, -0.25) is 4.79 Å². The lowest BCUT2D eigenvalue weighted by Gasteiger charge is -2.30. The maximum Gasteiger partial charge on any atom is 0.306 e. The molecule has 0 amide bonds. The second kappa shape index (κ2) is 9.41. The first-order chi connectivity index (χ1) is 8.41. The molecule has 1 atom stereocenters. The standard InChI is InChI=1S/C16H32O2/c1-6-8-9-10-11-12-14(16(3,4)5)13-15(17)18-7-2/h14H,6-13H2,1-5H3/t14-/m1/s1. The molecule has 0 saturated heterocycles. The summed E-state index contributed by atoms with van der Waals surface area (Å²) in [6.45, 7) is 11.3. The largest absolute Gasteiger partial charge is 0.466 e. The summed E-state index contributed by atoms with van der Waals surface area (Å²) in [5, 5.41) is 0. The first-order valence-electron chi connectivity index (χ1n) is 7.57. The van der Waals surface area contributed by atoms with Crippen LogP contribution in [-0.4, -0.2) is 12.6 Å². The third-order valence-corrected chi connectivity index (χ3v) is 3.60. The van der Waals surface area contributed by atoms with E-state index in [0.29, 0.717) is 18.9 Å². The molecule has 0 radical (unpaired) electrons. The monoisotopic (exact) mass is 256 g/mol. The van der Waals surface area contributed by atoms with Crippen molar-refractivity contribution in [2.24, 2.45) is 11.3 Å². The van der Waals surface area contributed by atoms with Gasteiger partial charge in [-0.1, -0.05) is 59.8 Å². The van der Waals surface area contributed by atoms with Crippen molar-refractivity contribution in [2.45, 2.75) is 79.6 Å². The van der Waals surface area contributed by atoms with Crippen LogP contribution in [0.15, 0.2) is 0 Å². The Labute approximate surface area is 113 Å². The first kappa shape index (κ1) is 17.5. The summed E-state index contributed by atoms with van der Waals surface area (Å²) in [6.07, 6.45) is 8.19. The van der Waals surface area contributed by atoms with E-state index in [-0.39, 0.29) is 11.4 Å². The highest BCUT2D eigenvalue weighted by molar-refractivity contribution is 5.69. The quantitative estimate of drug-likeness (QED) is 0.430. The second-order valence-corrected chi connectivity index (χ2v) is 6.27. The van der Waals surface area contributed by atoms with Crippen LogP contribution in [0.2, 0.25) is 0 Å². The Kier molecular flexibility index (Phi) is 9.13. The van der Waals surface area contributed by atoms with Gasteiger partial charge in [0.15, 0.2) is 0 Å². The summed E-state index contributed by atoms with van der Waals surface area (Å²) in [5.41, 5.74) is 0.192. The molecular weight excluding hydrogens is 224 g/mol. The molecule has 0 aromatic carbocycles. The summed E-state index contributed by atoms with van der Waals surface area (Å²) in [5.74, 6) is 0.407. The normalized spacial score (nSPS) is 13.4. The van der Waals surface area contributed by atoms with Crippen LogP contribution in [0.4, 0.5) is 0 Å². The van der Waals surface area contributed by atoms with Crippen LogP contribution in [-0.2, 0) is 9.53 Å². The van der Waals surface area contributed by atoms with Gasteiger partial charge in [-0.15, -0.1) is 0 Å². The molecule has 0 rings (SSSR count). The van der Waals surface area contributed by atoms with Gasteiger partial charge in [0.1, 0.15) is 0 Å². The molecule has 0 aliphatic heterocycles. The minimum Gasteiger partial charge on any atom is -0.466 e. The van der Waals surface area contributed by atoms with Gasteiger partial charge in [-0.2, -0.15) is 0 Å². The van der Waals surface area contributed by atoms with Crippen molar-refractivity contribution in [1.82, 2.24) is 0 Å². The summed E-state index contributed by atoms with van der Waals surface area (Å²) in [4.78, 5) is 11.6. The Hall–Kier alpha value is -0.530. The van der Waals surface area contributed by atoms with E-state index in [9.17, 15) is 4.79 Å². The van der Waals surface area contributed by atoms with E-state index in [4.69, 9.17) is 4.74 Å².